The average Bonchev–Trinajstić information content (AvgIpc) is 3.39. The summed E-state index contributed by atoms with van der Waals surface area (Å²) in [6.07, 6.45) is 3.44. The highest BCUT2D eigenvalue weighted by Crippen LogP contribution is 2.33. The van der Waals surface area contributed by atoms with Crippen LogP contribution in [0.25, 0.3) is 17.1 Å². The Balaban J connectivity index is 1.72. The van der Waals surface area contributed by atoms with Crippen LogP contribution in [0.15, 0.2) is 53.9 Å². The second-order valence-corrected chi connectivity index (χ2v) is 9.22. The molecule has 0 amide bonds. The van der Waals surface area contributed by atoms with Gasteiger partial charge in [0.2, 0.25) is 0 Å². The number of methoxy groups -OCH3 is 1. The fourth-order valence-electron chi connectivity index (χ4n) is 3.88. The number of ketones is 1. The van der Waals surface area contributed by atoms with E-state index in [4.69, 9.17) is 4.74 Å². The number of aromatic amines is 1. The van der Waals surface area contributed by atoms with Gasteiger partial charge in [0.1, 0.15) is 0 Å². The standard InChI is InChI=1S/C25H25N5O3S/c1-14-9-6-7-11-19(14)30-23(18-10-8-12-26-13-18)28-29-25(30)34-17(4)22(31)21-15(2)20(16(3)27-21)24(32)33-5/h6-13,17,27H,1-5H3. The number of rotatable bonds is 7. The molecule has 174 valence electrons. The van der Waals surface area contributed by atoms with Crippen LogP contribution in [0.1, 0.15) is 44.6 Å². The third-order valence-electron chi connectivity index (χ3n) is 5.63. The van der Waals surface area contributed by atoms with Gasteiger partial charge in [-0.3, -0.25) is 14.3 Å². The molecule has 0 radical (unpaired) electrons. The number of hydrogen-bond donors (Lipinski definition) is 1. The summed E-state index contributed by atoms with van der Waals surface area (Å²) in [6.45, 7) is 7.34. The molecule has 9 heteroatoms. The number of H-pyrrole nitrogens is 1. The fourth-order valence-corrected chi connectivity index (χ4v) is 4.80. The maximum Gasteiger partial charge on any atom is 0.339 e. The number of aromatic nitrogens is 5. The van der Waals surface area contributed by atoms with Crippen LogP contribution in [-0.4, -0.2) is 48.8 Å². The molecule has 1 aromatic carbocycles. The molecule has 34 heavy (non-hydrogen) atoms. The van der Waals surface area contributed by atoms with Crippen LogP contribution in [-0.2, 0) is 4.74 Å². The van der Waals surface area contributed by atoms with E-state index >= 15 is 0 Å². The number of nitrogens with zero attached hydrogens (tertiary/aromatic N) is 4. The highest BCUT2D eigenvalue weighted by atomic mass is 32.2. The largest absolute Gasteiger partial charge is 0.465 e. The van der Waals surface area contributed by atoms with E-state index in [-0.39, 0.29) is 5.78 Å². The maximum absolute atomic E-state index is 13.4. The van der Waals surface area contributed by atoms with Gasteiger partial charge >= 0.3 is 5.97 Å². The number of hydrogen-bond acceptors (Lipinski definition) is 7. The molecule has 4 rings (SSSR count). The van der Waals surface area contributed by atoms with Crippen LogP contribution in [0, 0.1) is 20.8 Å². The number of nitrogens with one attached hydrogen (secondary N) is 1. The first kappa shape index (κ1) is 23.4. The first-order valence-electron chi connectivity index (χ1n) is 10.7. The Labute approximate surface area is 201 Å². The molecule has 3 aromatic heterocycles. The zero-order valence-corrected chi connectivity index (χ0v) is 20.4. The lowest BCUT2D eigenvalue weighted by Gasteiger charge is -2.15. The predicted molar refractivity (Wildman–Crippen MR) is 131 cm³/mol. The number of esters is 1. The molecule has 1 atom stereocenters. The Bertz CT molecular complexity index is 1360. The van der Waals surface area contributed by atoms with Crippen molar-refractivity contribution in [1.29, 1.82) is 0 Å². The molecule has 8 nitrogen and oxygen atoms in total. The highest BCUT2D eigenvalue weighted by molar-refractivity contribution is 8.00. The fraction of sp³-hybridized carbons (Fsp3) is 0.240. The van der Waals surface area contributed by atoms with Crippen LogP contribution < -0.4 is 0 Å². The van der Waals surface area contributed by atoms with Gasteiger partial charge in [-0.1, -0.05) is 30.0 Å². The SMILES string of the molecule is COC(=O)c1c(C)[nH]c(C(=O)C(C)Sc2nnc(-c3cccnc3)n2-c2ccccc2C)c1C. The molecule has 1 unspecified atom stereocenters. The van der Waals surface area contributed by atoms with Crippen molar-refractivity contribution in [3.8, 4) is 17.1 Å². The molecule has 0 saturated heterocycles. The number of benzene rings is 1. The Kier molecular flexibility index (Phi) is 6.65. The Morgan fingerprint density at radius 1 is 1.09 bits per heavy atom. The van der Waals surface area contributed by atoms with Crippen molar-refractivity contribution in [1.82, 2.24) is 24.7 Å². The minimum Gasteiger partial charge on any atom is -0.465 e. The van der Waals surface area contributed by atoms with Gasteiger partial charge in [0.05, 0.1) is 29.3 Å². The van der Waals surface area contributed by atoms with Gasteiger partial charge in [-0.05, 0) is 57.0 Å². The number of Topliss-reactive ketones (excluding diaryl/α,β-unsaturated/α-hetero) is 1. The van der Waals surface area contributed by atoms with Crippen LogP contribution >= 0.6 is 11.8 Å². The summed E-state index contributed by atoms with van der Waals surface area (Å²) in [7, 11) is 1.33. The van der Waals surface area contributed by atoms with Crippen molar-refractivity contribution in [2.45, 2.75) is 38.1 Å². The van der Waals surface area contributed by atoms with Gasteiger partial charge in [-0.25, -0.2) is 4.79 Å². The predicted octanol–water partition coefficient (Wildman–Crippen LogP) is 4.73. The summed E-state index contributed by atoms with van der Waals surface area (Å²) in [4.78, 5) is 32.8. The van der Waals surface area contributed by atoms with Gasteiger partial charge in [-0.15, -0.1) is 10.2 Å². The minimum absolute atomic E-state index is 0.136. The minimum atomic E-state index is -0.490. The number of pyridine rings is 1. The second-order valence-electron chi connectivity index (χ2n) is 7.91. The number of carbonyl (C=O) groups excluding carboxylic acids is 2. The van der Waals surface area contributed by atoms with Gasteiger partial charge in [0.15, 0.2) is 16.8 Å². The molecule has 4 aromatic rings. The smallest absolute Gasteiger partial charge is 0.339 e. The second kappa shape index (κ2) is 9.64. The van der Waals surface area contributed by atoms with E-state index in [1.807, 2.05) is 54.8 Å². The van der Waals surface area contributed by atoms with Crippen LogP contribution in [0.5, 0.6) is 0 Å². The zero-order valence-electron chi connectivity index (χ0n) is 19.6. The molecular formula is C25H25N5O3S. The van der Waals surface area contributed by atoms with Gasteiger partial charge in [-0.2, -0.15) is 0 Å². The van der Waals surface area contributed by atoms with Crippen LogP contribution in [0.3, 0.4) is 0 Å². The van der Waals surface area contributed by atoms with Gasteiger partial charge in [0.25, 0.3) is 0 Å². The molecule has 0 bridgehead atoms. The van der Waals surface area contributed by atoms with E-state index in [9.17, 15) is 9.59 Å². The Morgan fingerprint density at radius 2 is 1.85 bits per heavy atom. The summed E-state index contributed by atoms with van der Waals surface area (Å²) >= 11 is 1.31. The third-order valence-corrected chi connectivity index (χ3v) is 6.68. The molecule has 1 N–H and O–H groups in total. The summed E-state index contributed by atoms with van der Waals surface area (Å²) in [6, 6.07) is 11.7. The highest BCUT2D eigenvalue weighted by Gasteiger charge is 2.28. The summed E-state index contributed by atoms with van der Waals surface area (Å²) in [5.41, 5.74) is 4.77. The zero-order chi connectivity index (χ0) is 24.4. The normalized spacial score (nSPS) is 11.9. The lowest BCUT2D eigenvalue weighted by atomic mass is 10.1. The van der Waals surface area contributed by atoms with E-state index in [0.29, 0.717) is 33.5 Å². The topological polar surface area (TPSA) is 103 Å². The molecule has 0 saturated carbocycles. The lowest BCUT2D eigenvalue weighted by molar-refractivity contribution is 0.0599. The molecule has 0 fully saturated rings. The molecule has 0 aliphatic rings. The monoisotopic (exact) mass is 475 g/mol. The van der Waals surface area contributed by atoms with Crippen molar-refractivity contribution in [2.24, 2.45) is 0 Å². The van der Waals surface area contributed by atoms with E-state index in [1.165, 1.54) is 18.9 Å². The first-order valence-corrected chi connectivity index (χ1v) is 11.6. The van der Waals surface area contributed by atoms with Gasteiger partial charge < -0.3 is 9.72 Å². The molecule has 3 heterocycles. The molecule has 0 spiro atoms. The van der Waals surface area contributed by atoms with Crippen molar-refractivity contribution in [2.75, 3.05) is 7.11 Å². The summed E-state index contributed by atoms with van der Waals surface area (Å²) in [5, 5.41) is 8.95. The van der Waals surface area contributed by atoms with E-state index < -0.39 is 11.2 Å². The van der Waals surface area contributed by atoms with Crippen molar-refractivity contribution in [3.05, 3.63) is 76.9 Å². The summed E-state index contributed by atoms with van der Waals surface area (Å²) < 4.78 is 6.82. The number of thioether (sulfide) groups is 1. The number of para-hydroxylation sites is 1. The van der Waals surface area contributed by atoms with E-state index in [2.05, 4.69) is 20.2 Å². The maximum atomic E-state index is 13.4. The van der Waals surface area contributed by atoms with E-state index in [0.717, 1.165) is 16.8 Å². The molecular weight excluding hydrogens is 450 g/mol. The lowest BCUT2D eigenvalue weighted by Crippen LogP contribution is -2.16. The first-order chi connectivity index (χ1) is 16.3. The summed E-state index contributed by atoms with van der Waals surface area (Å²) in [5.74, 6) is 0.0402. The Hall–Kier alpha value is -3.72. The van der Waals surface area contributed by atoms with Crippen molar-refractivity contribution < 1.29 is 14.3 Å². The van der Waals surface area contributed by atoms with Crippen LogP contribution in [0.4, 0.5) is 0 Å². The quantitative estimate of drug-likeness (QED) is 0.234. The number of aryl methyl sites for hydroxylation is 2. The number of ether oxygens (including phenoxy) is 1. The van der Waals surface area contributed by atoms with Crippen LogP contribution in [0.2, 0.25) is 0 Å². The third kappa shape index (κ3) is 4.26. The van der Waals surface area contributed by atoms with Gasteiger partial charge in [0, 0.05) is 23.7 Å². The number of carbonyl (C=O) groups is 2. The van der Waals surface area contributed by atoms with Crippen molar-refractivity contribution in [3.63, 3.8) is 0 Å². The Morgan fingerprint density at radius 3 is 2.53 bits per heavy atom. The van der Waals surface area contributed by atoms with Crippen molar-refractivity contribution >= 4 is 23.5 Å². The average molecular weight is 476 g/mol. The molecule has 0 aliphatic heterocycles. The molecule has 0 aliphatic carbocycles. The van der Waals surface area contributed by atoms with E-state index in [1.54, 1.807) is 26.2 Å².